The summed E-state index contributed by atoms with van der Waals surface area (Å²) in [5.41, 5.74) is 0.0566. The molecule has 0 unspecified atom stereocenters. The summed E-state index contributed by atoms with van der Waals surface area (Å²) in [5.74, 6) is 0.0473. The third kappa shape index (κ3) is 2.72. The maximum Gasteiger partial charge on any atom is 0.513 e. The van der Waals surface area contributed by atoms with Gasteiger partial charge in [0.2, 0.25) is 10.0 Å². The number of sulfonamides is 1. The molecule has 0 fully saturated rings. The highest BCUT2D eigenvalue weighted by Crippen LogP contribution is 2.31. The average Bonchev–Trinajstić information content (AvgIpc) is 2.91. The molecule has 4 N–H and O–H groups in total. The number of carbonyl (C=O) groups excluding carboxylic acids is 1. The third-order valence-corrected chi connectivity index (χ3v) is 4.27. The van der Waals surface area contributed by atoms with E-state index >= 15 is 0 Å². The minimum atomic E-state index is -3.94. The molecule has 0 saturated heterocycles. The number of fused-ring (bicyclic) bond motifs is 3. The summed E-state index contributed by atoms with van der Waals surface area (Å²) in [7, 11) is -3.94. The first-order chi connectivity index (χ1) is 11.3. The standard InChI is InChI=1S/C14H13N3O6S/c1-2-22-14(19)23-10-6-16-12-11(10)8-5-7(24(15,20)21)3-4-9(8)17-13(12)18/h3-6,16H,2H2,1H3,(H,17,18)(H2,15,20,21). The highest BCUT2D eigenvalue weighted by molar-refractivity contribution is 7.89. The Kier molecular flexibility index (Phi) is 3.78. The Hall–Kier alpha value is -2.85. The van der Waals surface area contributed by atoms with Crippen molar-refractivity contribution >= 4 is 38.0 Å². The van der Waals surface area contributed by atoms with Gasteiger partial charge in [-0.3, -0.25) is 4.79 Å². The second kappa shape index (κ2) is 5.65. The molecule has 0 atom stereocenters. The molecule has 2 aromatic heterocycles. The lowest BCUT2D eigenvalue weighted by Gasteiger charge is -2.06. The normalized spacial score (nSPS) is 11.8. The number of nitrogens with two attached hydrogens (primary N) is 1. The molecule has 2 heterocycles. The zero-order valence-corrected chi connectivity index (χ0v) is 13.3. The van der Waals surface area contributed by atoms with Crippen LogP contribution in [0.4, 0.5) is 4.79 Å². The lowest BCUT2D eigenvalue weighted by atomic mass is 10.1. The Bertz CT molecular complexity index is 1110. The molecular weight excluding hydrogens is 338 g/mol. The van der Waals surface area contributed by atoms with Crippen LogP contribution in [0.1, 0.15) is 6.92 Å². The van der Waals surface area contributed by atoms with Crippen molar-refractivity contribution in [2.45, 2.75) is 11.8 Å². The van der Waals surface area contributed by atoms with Gasteiger partial charge >= 0.3 is 6.16 Å². The molecule has 1 aromatic carbocycles. The SMILES string of the molecule is CCOC(=O)Oc1c[nH]c2c(=O)[nH]c3ccc(S(N)(=O)=O)cc3c12. The molecule has 3 rings (SSSR count). The number of aromatic amines is 2. The van der Waals surface area contributed by atoms with Crippen LogP contribution < -0.4 is 15.4 Å². The van der Waals surface area contributed by atoms with Crippen molar-refractivity contribution in [3.05, 3.63) is 34.7 Å². The molecule has 0 amide bonds. The van der Waals surface area contributed by atoms with Crippen LogP contribution in [0.15, 0.2) is 34.1 Å². The van der Waals surface area contributed by atoms with Gasteiger partial charge in [-0.15, -0.1) is 0 Å². The average molecular weight is 351 g/mol. The minimum absolute atomic E-state index is 0.0473. The van der Waals surface area contributed by atoms with Crippen LogP contribution in [0.25, 0.3) is 21.8 Å². The molecule has 126 valence electrons. The molecule has 24 heavy (non-hydrogen) atoms. The lowest BCUT2D eigenvalue weighted by molar-refractivity contribution is 0.105. The van der Waals surface area contributed by atoms with E-state index in [1.807, 2.05) is 0 Å². The van der Waals surface area contributed by atoms with E-state index < -0.39 is 21.7 Å². The van der Waals surface area contributed by atoms with Gasteiger partial charge in [0.15, 0.2) is 5.75 Å². The Morgan fingerprint density at radius 3 is 2.75 bits per heavy atom. The van der Waals surface area contributed by atoms with Crippen LogP contribution in [0.3, 0.4) is 0 Å². The fourth-order valence-electron chi connectivity index (χ4n) is 2.37. The van der Waals surface area contributed by atoms with Gasteiger partial charge in [0.25, 0.3) is 5.56 Å². The summed E-state index contributed by atoms with van der Waals surface area (Å²) < 4.78 is 32.9. The summed E-state index contributed by atoms with van der Waals surface area (Å²) in [5, 5.41) is 5.76. The summed E-state index contributed by atoms with van der Waals surface area (Å²) >= 11 is 0. The minimum Gasteiger partial charge on any atom is -0.434 e. The van der Waals surface area contributed by atoms with E-state index in [1.54, 1.807) is 6.92 Å². The molecule has 10 heteroatoms. The first kappa shape index (κ1) is 16.0. The lowest BCUT2D eigenvalue weighted by Crippen LogP contribution is -2.13. The molecule has 0 aliphatic rings. The molecule has 9 nitrogen and oxygen atoms in total. The number of pyridine rings is 1. The molecule has 0 aliphatic carbocycles. The first-order valence-electron chi connectivity index (χ1n) is 6.85. The number of benzene rings is 1. The number of aromatic nitrogens is 2. The number of H-pyrrole nitrogens is 2. The van der Waals surface area contributed by atoms with Gasteiger partial charge in [-0.1, -0.05) is 0 Å². The van der Waals surface area contributed by atoms with Crippen molar-refractivity contribution in [1.82, 2.24) is 9.97 Å². The zero-order chi connectivity index (χ0) is 17.5. The number of nitrogens with one attached hydrogen (secondary N) is 2. The fraction of sp³-hybridized carbons (Fsp3) is 0.143. The largest absolute Gasteiger partial charge is 0.513 e. The van der Waals surface area contributed by atoms with Gasteiger partial charge < -0.3 is 19.4 Å². The van der Waals surface area contributed by atoms with E-state index in [-0.39, 0.29) is 28.2 Å². The second-order valence-corrected chi connectivity index (χ2v) is 6.46. The van der Waals surface area contributed by atoms with E-state index in [0.29, 0.717) is 10.9 Å². The Labute approximate surface area is 135 Å². The van der Waals surface area contributed by atoms with Gasteiger partial charge in [0, 0.05) is 17.1 Å². The molecule has 0 bridgehead atoms. The number of ether oxygens (including phenoxy) is 2. The number of primary sulfonamides is 1. The summed E-state index contributed by atoms with van der Waals surface area (Å²) in [6.45, 7) is 1.74. The molecule has 0 aliphatic heterocycles. The van der Waals surface area contributed by atoms with Crippen LogP contribution in [0, 0.1) is 0 Å². The van der Waals surface area contributed by atoms with Crippen LogP contribution in [-0.2, 0) is 14.8 Å². The quantitative estimate of drug-likeness (QED) is 0.605. The fourth-order valence-corrected chi connectivity index (χ4v) is 2.91. The van der Waals surface area contributed by atoms with Crippen molar-refractivity contribution in [3.63, 3.8) is 0 Å². The summed E-state index contributed by atoms with van der Waals surface area (Å²) in [4.78, 5) is 28.8. The van der Waals surface area contributed by atoms with Crippen LogP contribution >= 0.6 is 0 Å². The van der Waals surface area contributed by atoms with Crippen LogP contribution in [-0.4, -0.2) is 31.1 Å². The van der Waals surface area contributed by atoms with E-state index in [9.17, 15) is 18.0 Å². The highest BCUT2D eigenvalue weighted by atomic mass is 32.2. The Morgan fingerprint density at radius 1 is 1.33 bits per heavy atom. The summed E-state index contributed by atoms with van der Waals surface area (Å²) in [6.07, 6.45) is 0.384. The van der Waals surface area contributed by atoms with Crippen molar-refractivity contribution in [3.8, 4) is 5.75 Å². The predicted molar refractivity (Wildman–Crippen MR) is 85.4 cm³/mol. The smallest absolute Gasteiger partial charge is 0.434 e. The Balaban J connectivity index is 2.31. The Morgan fingerprint density at radius 2 is 2.08 bits per heavy atom. The maximum absolute atomic E-state index is 12.1. The maximum atomic E-state index is 12.1. The monoisotopic (exact) mass is 351 g/mol. The van der Waals surface area contributed by atoms with Gasteiger partial charge in [-0.05, 0) is 25.1 Å². The topological polar surface area (TPSA) is 144 Å². The van der Waals surface area contributed by atoms with Gasteiger partial charge in [-0.25, -0.2) is 18.4 Å². The van der Waals surface area contributed by atoms with Crippen LogP contribution in [0.5, 0.6) is 5.75 Å². The predicted octanol–water partition coefficient (Wildman–Crippen LogP) is 1.19. The first-order valence-corrected chi connectivity index (χ1v) is 8.40. The van der Waals surface area contributed by atoms with Crippen LogP contribution in [0.2, 0.25) is 0 Å². The molecular formula is C14H13N3O6S. The molecule has 0 saturated carbocycles. The second-order valence-electron chi connectivity index (χ2n) is 4.89. The van der Waals surface area contributed by atoms with Gasteiger partial charge in [0.1, 0.15) is 5.52 Å². The number of rotatable bonds is 3. The van der Waals surface area contributed by atoms with E-state index in [4.69, 9.17) is 14.6 Å². The molecule has 3 aromatic rings. The third-order valence-electron chi connectivity index (χ3n) is 3.36. The van der Waals surface area contributed by atoms with Gasteiger partial charge in [-0.2, -0.15) is 0 Å². The van der Waals surface area contributed by atoms with Gasteiger partial charge in [0.05, 0.1) is 16.9 Å². The number of hydrogen-bond acceptors (Lipinski definition) is 6. The van der Waals surface area contributed by atoms with Crippen molar-refractivity contribution in [1.29, 1.82) is 0 Å². The number of carbonyl (C=O) groups is 1. The van der Waals surface area contributed by atoms with Crippen molar-refractivity contribution in [2.24, 2.45) is 5.14 Å². The number of hydrogen-bond donors (Lipinski definition) is 3. The van der Waals surface area contributed by atoms with E-state index in [1.165, 1.54) is 24.4 Å². The highest BCUT2D eigenvalue weighted by Gasteiger charge is 2.18. The van der Waals surface area contributed by atoms with E-state index in [0.717, 1.165) is 0 Å². The summed E-state index contributed by atoms with van der Waals surface area (Å²) in [6, 6.07) is 3.99. The van der Waals surface area contributed by atoms with Crippen molar-refractivity contribution < 1.29 is 22.7 Å². The van der Waals surface area contributed by atoms with Crippen molar-refractivity contribution in [2.75, 3.05) is 6.61 Å². The molecule has 0 radical (unpaired) electrons. The molecule has 0 spiro atoms. The van der Waals surface area contributed by atoms with E-state index in [2.05, 4.69) is 9.97 Å². The zero-order valence-electron chi connectivity index (χ0n) is 12.5.